The third kappa shape index (κ3) is 3.61. The van der Waals surface area contributed by atoms with Crippen molar-refractivity contribution >= 4 is 23.5 Å². The molecule has 1 N–H and O–H groups in total. The van der Waals surface area contributed by atoms with E-state index in [9.17, 15) is 5.11 Å². The van der Waals surface area contributed by atoms with Gasteiger partial charge in [0.15, 0.2) is 11.6 Å². The third-order valence-electron chi connectivity index (χ3n) is 4.01. The molecule has 0 aromatic rings. The van der Waals surface area contributed by atoms with Gasteiger partial charge < -0.3 is 24.1 Å². The van der Waals surface area contributed by atoms with Crippen LogP contribution in [0.25, 0.3) is 0 Å². The van der Waals surface area contributed by atoms with Crippen LogP contribution in [-0.2, 0) is 18.9 Å². The molecular weight excluding hydrogens is 324 g/mol. The largest absolute Gasteiger partial charge is 0.394 e. The lowest BCUT2D eigenvalue weighted by atomic mass is 10.0. The normalized spacial score (nSPS) is 41.9. The van der Waals surface area contributed by atoms with Crippen LogP contribution >= 0.6 is 23.5 Å². The lowest BCUT2D eigenvalue weighted by molar-refractivity contribution is -0.175. The highest BCUT2D eigenvalue weighted by Gasteiger charge is 2.55. The second kappa shape index (κ2) is 6.43. The fraction of sp³-hybridized carbons (Fsp3) is 1.00. The summed E-state index contributed by atoms with van der Waals surface area (Å²) in [4.78, 5) is 0. The Kier molecular flexibility index (Phi) is 5.06. The summed E-state index contributed by atoms with van der Waals surface area (Å²) < 4.78 is 24.5. The maximum absolute atomic E-state index is 9.64. The number of hydrogen-bond acceptors (Lipinski definition) is 7. The summed E-state index contributed by atoms with van der Waals surface area (Å²) >= 11 is 3.86. The first-order valence-corrected chi connectivity index (χ1v) is 9.96. The number of hydrogen-bond donors (Lipinski definition) is 1. The highest BCUT2D eigenvalue weighted by molar-refractivity contribution is 8.17. The van der Waals surface area contributed by atoms with Crippen molar-refractivity contribution in [1.82, 2.24) is 0 Å². The molecule has 0 bridgehead atoms. The van der Waals surface area contributed by atoms with Gasteiger partial charge in [-0.05, 0) is 45.6 Å². The molecule has 7 heteroatoms. The van der Waals surface area contributed by atoms with Crippen LogP contribution in [-0.4, -0.2) is 63.8 Å². The lowest BCUT2D eigenvalue weighted by Gasteiger charge is -2.31. The summed E-state index contributed by atoms with van der Waals surface area (Å²) in [5.41, 5.74) is 0. The first-order valence-electron chi connectivity index (χ1n) is 7.87. The van der Waals surface area contributed by atoms with Crippen molar-refractivity contribution in [2.45, 2.75) is 74.7 Å². The zero-order chi connectivity index (χ0) is 16.0. The highest BCUT2D eigenvalue weighted by Crippen LogP contribution is 2.45. The van der Waals surface area contributed by atoms with Crippen LogP contribution in [0.2, 0.25) is 0 Å². The number of aliphatic hydroxyl groups excluding tert-OH is 1. The molecule has 3 fully saturated rings. The molecule has 0 unspecified atom stereocenters. The monoisotopic (exact) mass is 350 g/mol. The van der Waals surface area contributed by atoms with Gasteiger partial charge in [-0.2, -0.15) is 0 Å². The van der Waals surface area contributed by atoms with Crippen molar-refractivity contribution in [2.24, 2.45) is 0 Å². The number of thioether (sulfide) groups is 2. The zero-order valence-corrected chi connectivity index (χ0v) is 15.2. The molecule has 3 heterocycles. The number of rotatable bonds is 3. The van der Waals surface area contributed by atoms with Gasteiger partial charge in [0.25, 0.3) is 0 Å². The first-order chi connectivity index (χ1) is 10.3. The second-order valence-electron chi connectivity index (χ2n) is 6.85. The van der Waals surface area contributed by atoms with Gasteiger partial charge in [-0.15, -0.1) is 23.5 Å². The predicted octanol–water partition coefficient (Wildman–Crippen LogP) is 2.22. The van der Waals surface area contributed by atoms with Crippen molar-refractivity contribution in [3.05, 3.63) is 0 Å². The van der Waals surface area contributed by atoms with Crippen molar-refractivity contribution in [3.63, 3.8) is 0 Å². The van der Waals surface area contributed by atoms with E-state index in [4.69, 9.17) is 18.9 Å². The Hall–Kier alpha value is 0.500. The Morgan fingerprint density at radius 1 is 0.864 bits per heavy atom. The minimum Gasteiger partial charge on any atom is -0.394 e. The Morgan fingerprint density at radius 3 is 2.05 bits per heavy atom. The van der Waals surface area contributed by atoms with E-state index in [-0.39, 0.29) is 31.0 Å². The van der Waals surface area contributed by atoms with Gasteiger partial charge in [0.1, 0.15) is 24.4 Å². The van der Waals surface area contributed by atoms with Gasteiger partial charge in [-0.25, -0.2) is 0 Å². The minimum absolute atomic E-state index is 0.0538. The fourth-order valence-electron chi connectivity index (χ4n) is 3.26. The molecular formula is C15H26O5S2. The molecule has 3 rings (SSSR count). The van der Waals surface area contributed by atoms with Crippen LogP contribution in [0.4, 0.5) is 0 Å². The van der Waals surface area contributed by atoms with E-state index in [2.05, 4.69) is 0 Å². The minimum atomic E-state index is -0.703. The average molecular weight is 351 g/mol. The van der Waals surface area contributed by atoms with Crippen LogP contribution in [0, 0.1) is 0 Å². The van der Waals surface area contributed by atoms with E-state index >= 15 is 0 Å². The molecule has 0 spiro atoms. The van der Waals surface area contributed by atoms with Gasteiger partial charge in [-0.1, -0.05) is 0 Å². The average Bonchev–Trinajstić information content (AvgIpc) is 2.95. The summed E-state index contributed by atoms with van der Waals surface area (Å²) in [6.45, 7) is 7.54. The maximum atomic E-state index is 9.64. The highest BCUT2D eigenvalue weighted by atomic mass is 32.2. The molecule has 0 aromatic carbocycles. The topological polar surface area (TPSA) is 57.2 Å². The molecule has 3 saturated heterocycles. The molecule has 4 atom stereocenters. The maximum Gasteiger partial charge on any atom is 0.164 e. The molecule has 0 aliphatic carbocycles. The molecule has 0 amide bonds. The zero-order valence-electron chi connectivity index (χ0n) is 13.6. The molecule has 3 aliphatic rings. The third-order valence-corrected chi connectivity index (χ3v) is 7.07. The van der Waals surface area contributed by atoms with E-state index in [1.165, 1.54) is 6.42 Å². The Bertz CT molecular complexity index is 397. The fourth-order valence-corrected chi connectivity index (χ4v) is 6.29. The van der Waals surface area contributed by atoms with Crippen LogP contribution in [0.15, 0.2) is 0 Å². The summed E-state index contributed by atoms with van der Waals surface area (Å²) in [6.07, 6.45) is 0.273. The number of aliphatic hydroxyl groups is 1. The van der Waals surface area contributed by atoms with Gasteiger partial charge >= 0.3 is 0 Å². The van der Waals surface area contributed by atoms with Gasteiger partial charge in [-0.3, -0.25) is 0 Å². The van der Waals surface area contributed by atoms with E-state index < -0.39 is 11.6 Å². The van der Waals surface area contributed by atoms with Crippen LogP contribution < -0.4 is 0 Å². The molecule has 0 radical (unpaired) electrons. The van der Waals surface area contributed by atoms with Crippen molar-refractivity contribution in [3.8, 4) is 0 Å². The molecule has 0 saturated carbocycles. The quantitative estimate of drug-likeness (QED) is 0.837. The van der Waals surface area contributed by atoms with E-state index in [1.54, 1.807) is 0 Å². The molecule has 22 heavy (non-hydrogen) atoms. The predicted molar refractivity (Wildman–Crippen MR) is 88.1 cm³/mol. The van der Waals surface area contributed by atoms with Crippen LogP contribution in [0.1, 0.15) is 34.1 Å². The van der Waals surface area contributed by atoms with E-state index in [0.29, 0.717) is 4.58 Å². The smallest absolute Gasteiger partial charge is 0.164 e. The first kappa shape index (κ1) is 17.3. The lowest BCUT2D eigenvalue weighted by Crippen LogP contribution is -2.46. The van der Waals surface area contributed by atoms with E-state index in [0.717, 1.165) is 11.5 Å². The van der Waals surface area contributed by atoms with Gasteiger partial charge in [0.2, 0.25) is 0 Å². The van der Waals surface area contributed by atoms with Crippen molar-refractivity contribution in [2.75, 3.05) is 18.1 Å². The summed E-state index contributed by atoms with van der Waals surface area (Å²) in [7, 11) is 0. The van der Waals surface area contributed by atoms with Crippen LogP contribution in [0.3, 0.4) is 0 Å². The van der Waals surface area contributed by atoms with Gasteiger partial charge in [0.05, 0.1) is 11.2 Å². The summed E-state index contributed by atoms with van der Waals surface area (Å²) in [6, 6.07) is 0. The molecule has 0 aromatic heterocycles. The molecule has 128 valence electrons. The summed E-state index contributed by atoms with van der Waals surface area (Å²) in [5.74, 6) is 0.971. The standard InChI is InChI=1S/C15H26O5S2/c1-14(2)17-9(8-16)10(18-14)11-12(20-15(3,4)19-11)13-21-6-5-7-22-13/h9-13,16H,5-8H2,1-4H3/t9-,10+,11+,12+/m1/s1. The van der Waals surface area contributed by atoms with Crippen molar-refractivity contribution < 1.29 is 24.1 Å². The molecule has 5 nitrogen and oxygen atoms in total. The van der Waals surface area contributed by atoms with E-state index in [1.807, 2.05) is 51.2 Å². The van der Waals surface area contributed by atoms with Crippen LogP contribution in [0.5, 0.6) is 0 Å². The Labute approximate surface area is 140 Å². The molecule has 3 aliphatic heterocycles. The van der Waals surface area contributed by atoms with Gasteiger partial charge in [0, 0.05) is 0 Å². The summed E-state index contributed by atoms with van der Waals surface area (Å²) in [5, 5.41) is 9.64. The Morgan fingerprint density at radius 2 is 1.41 bits per heavy atom. The SMILES string of the molecule is CC1(C)O[C@@H]([C@H]2OC(C)(C)O[C@@H]2CO)[C@@H](C2SCCCS2)O1. The number of ether oxygens (including phenoxy) is 4. The Balaban J connectivity index is 1.79. The second-order valence-corrected chi connectivity index (χ2v) is 9.65. The van der Waals surface area contributed by atoms with Crippen molar-refractivity contribution in [1.29, 1.82) is 0 Å².